The maximum absolute atomic E-state index is 11.5. The number of esters is 2. The Labute approximate surface area is 132 Å². The van der Waals surface area contributed by atoms with Crippen LogP contribution < -0.4 is 0 Å². The van der Waals surface area contributed by atoms with Gasteiger partial charge in [-0.05, 0) is 37.3 Å². The van der Waals surface area contributed by atoms with Crippen molar-refractivity contribution in [2.75, 3.05) is 13.2 Å². The molecule has 1 aliphatic carbocycles. The zero-order valence-electron chi connectivity index (χ0n) is 13.9. The molecule has 22 heavy (non-hydrogen) atoms. The molecule has 1 aromatic carbocycles. The molecule has 0 fully saturated rings. The molecule has 1 aromatic rings. The van der Waals surface area contributed by atoms with Crippen molar-refractivity contribution in [3.63, 3.8) is 0 Å². The molecule has 4 nitrogen and oxygen atoms in total. The highest BCUT2D eigenvalue weighted by atomic mass is 16.5. The highest BCUT2D eigenvalue weighted by Gasteiger charge is 2.26. The molecule has 0 aliphatic heterocycles. The van der Waals surface area contributed by atoms with Crippen molar-refractivity contribution in [1.29, 1.82) is 0 Å². The summed E-state index contributed by atoms with van der Waals surface area (Å²) in [6, 6.07) is 8.53. The van der Waals surface area contributed by atoms with E-state index in [9.17, 15) is 9.59 Å². The van der Waals surface area contributed by atoms with Gasteiger partial charge in [0, 0.05) is 0 Å². The number of fused-ring (bicyclic) bond motifs is 1. The van der Waals surface area contributed by atoms with Crippen LogP contribution in [0.25, 0.3) is 0 Å². The van der Waals surface area contributed by atoms with E-state index in [-0.39, 0.29) is 24.3 Å². The summed E-state index contributed by atoms with van der Waals surface area (Å²) in [6.45, 7) is 7.95. The van der Waals surface area contributed by atoms with Gasteiger partial charge >= 0.3 is 11.9 Å². The van der Waals surface area contributed by atoms with Crippen LogP contribution >= 0.6 is 0 Å². The summed E-state index contributed by atoms with van der Waals surface area (Å²) < 4.78 is 9.70. The molecule has 1 atom stereocenters. The van der Waals surface area contributed by atoms with Gasteiger partial charge < -0.3 is 9.47 Å². The normalized spacial score (nSPS) is 12.6. The summed E-state index contributed by atoms with van der Waals surface area (Å²) in [5, 5.41) is 0. The Morgan fingerprint density at radius 2 is 1.59 bits per heavy atom. The number of carbonyl (C=O) groups excluding carboxylic acids is 2. The fourth-order valence-corrected chi connectivity index (χ4v) is 2.08. The molecule has 0 saturated heterocycles. The van der Waals surface area contributed by atoms with Crippen molar-refractivity contribution in [2.24, 2.45) is 11.8 Å². The van der Waals surface area contributed by atoms with Crippen LogP contribution in [0.5, 0.6) is 0 Å². The van der Waals surface area contributed by atoms with Gasteiger partial charge in [0.05, 0.1) is 25.6 Å². The average Bonchev–Trinajstić information content (AvgIpc) is 3.25. The summed E-state index contributed by atoms with van der Waals surface area (Å²) in [6.07, 6.45) is 1.34. The number of benzene rings is 1. The molecule has 2 rings (SSSR count). The second-order valence-corrected chi connectivity index (χ2v) is 5.56. The molecule has 0 bridgehead atoms. The summed E-state index contributed by atoms with van der Waals surface area (Å²) in [7, 11) is 0. The lowest BCUT2D eigenvalue weighted by Crippen LogP contribution is -2.26. The SMILES string of the molecule is CCOC(=O)CC(C(=O)OCC)C(C)C.c1ccc2c(c1)C2. The van der Waals surface area contributed by atoms with Gasteiger partial charge in [0.1, 0.15) is 0 Å². The summed E-state index contributed by atoms with van der Waals surface area (Å²) in [5.74, 6) is -0.984. The zero-order chi connectivity index (χ0) is 16.5. The van der Waals surface area contributed by atoms with Crippen molar-refractivity contribution >= 4 is 11.9 Å². The van der Waals surface area contributed by atoms with E-state index in [4.69, 9.17) is 9.47 Å². The Kier molecular flexibility index (Phi) is 7.64. The Bertz CT molecular complexity index is 473. The number of hydrogen-bond acceptors (Lipinski definition) is 4. The lowest BCUT2D eigenvalue weighted by atomic mass is 9.93. The molecule has 1 unspecified atom stereocenters. The summed E-state index contributed by atoms with van der Waals surface area (Å²) in [5.41, 5.74) is 3.06. The van der Waals surface area contributed by atoms with Gasteiger partial charge in [-0.15, -0.1) is 0 Å². The van der Waals surface area contributed by atoms with Gasteiger partial charge in [-0.2, -0.15) is 0 Å². The fraction of sp³-hybridized carbons (Fsp3) is 0.556. The molecule has 4 heteroatoms. The molecule has 1 aliphatic rings. The monoisotopic (exact) mass is 306 g/mol. The van der Waals surface area contributed by atoms with Crippen molar-refractivity contribution in [2.45, 2.75) is 40.5 Å². The molecular weight excluding hydrogens is 280 g/mol. The first-order valence-corrected chi connectivity index (χ1v) is 7.88. The van der Waals surface area contributed by atoms with Gasteiger partial charge in [0.2, 0.25) is 0 Å². The van der Waals surface area contributed by atoms with E-state index in [2.05, 4.69) is 24.3 Å². The van der Waals surface area contributed by atoms with Crippen molar-refractivity contribution < 1.29 is 19.1 Å². The van der Waals surface area contributed by atoms with E-state index >= 15 is 0 Å². The predicted octanol–water partition coefficient (Wildman–Crippen LogP) is 3.37. The second kappa shape index (κ2) is 9.23. The summed E-state index contributed by atoms with van der Waals surface area (Å²) in [4.78, 5) is 22.7. The van der Waals surface area contributed by atoms with Crippen LogP contribution in [0.2, 0.25) is 0 Å². The molecule has 0 amide bonds. The Hall–Kier alpha value is -1.84. The smallest absolute Gasteiger partial charge is 0.309 e. The molecule has 122 valence electrons. The lowest BCUT2D eigenvalue weighted by molar-refractivity contribution is -0.156. The van der Waals surface area contributed by atoms with E-state index in [0.717, 1.165) is 0 Å². The van der Waals surface area contributed by atoms with E-state index in [1.165, 1.54) is 17.5 Å². The van der Waals surface area contributed by atoms with Gasteiger partial charge in [-0.25, -0.2) is 0 Å². The molecule has 0 radical (unpaired) electrons. The van der Waals surface area contributed by atoms with E-state index in [1.54, 1.807) is 13.8 Å². The minimum Gasteiger partial charge on any atom is -0.466 e. The van der Waals surface area contributed by atoms with Crippen LogP contribution in [0, 0.1) is 11.8 Å². The Morgan fingerprint density at radius 1 is 1.05 bits per heavy atom. The Balaban J connectivity index is 0.000000279. The van der Waals surface area contributed by atoms with E-state index < -0.39 is 5.92 Å². The lowest BCUT2D eigenvalue weighted by Gasteiger charge is -2.17. The first-order valence-electron chi connectivity index (χ1n) is 7.88. The van der Waals surface area contributed by atoms with Crippen LogP contribution in [0.3, 0.4) is 0 Å². The standard InChI is InChI=1S/C11H20O4.C7H6/c1-5-14-10(12)7-9(8(3)4)11(13)15-6-2;1-2-4-7-5-6(7)3-1/h8-9H,5-7H2,1-4H3;1-4H,5H2. The predicted molar refractivity (Wildman–Crippen MR) is 85.5 cm³/mol. The molecule has 0 N–H and O–H groups in total. The average molecular weight is 306 g/mol. The maximum Gasteiger partial charge on any atom is 0.309 e. The van der Waals surface area contributed by atoms with Gasteiger partial charge in [0.25, 0.3) is 0 Å². The topological polar surface area (TPSA) is 52.6 Å². The van der Waals surface area contributed by atoms with E-state index in [0.29, 0.717) is 13.2 Å². The highest BCUT2D eigenvalue weighted by molar-refractivity contribution is 5.80. The number of hydrogen-bond donors (Lipinski definition) is 0. The van der Waals surface area contributed by atoms with Crippen molar-refractivity contribution in [3.8, 4) is 0 Å². The molecule has 0 saturated carbocycles. The van der Waals surface area contributed by atoms with Crippen LogP contribution in [-0.2, 0) is 25.5 Å². The molecule has 0 spiro atoms. The van der Waals surface area contributed by atoms with E-state index in [1.807, 2.05) is 13.8 Å². The zero-order valence-corrected chi connectivity index (χ0v) is 13.9. The second-order valence-electron chi connectivity index (χ2n) is 5.56. The van der Waals surface area contributed by atoms with Crippen LogP contribution in [0.15, 0.2) is 24.3 Å². The summed E-state index contributed by atoms with van der Waals surface area (Å²) >= 11 is 0. The fourth-order valence-electron chi connectivity index (χ4n) is 2.08. The van der Waals surface area contributed by atoms with Crippen molar-refractivity contribution in [1.82, 2.24) is 0 Å². The maximum atomic E-state index is 11.5. The largest absolute Gasteiger partial charge is 0.466 e. The number of ether oxygens (including phenoxy) is 2. The minimum absolute atomic E-state index is 0.0773. The quantitative estimate of drug-likeness (QED) is 0.768. The number of carbonyl (C=O) groups is 2. The van der Waals surface area contributed by atoms with Gasteiger partial charge in [-0.3, -0.25) is 9.59 Å². The van der Waals surface area contributed by atoms with Crippen LogP contribution in [0.4, 0.5) is 0 Å². The third kappa shape index (κ3) is 6.29. The number of rotatable bonds is 6. The third-order valence-corrected chi connectivity index (χ3v) is 3.46. The first-order chi connectivity index (χ1) is 10.5. The van der Waals surface area contributed by atoms with Gasteiger partial charge in [0.15, 0.2) is 0 Å². The van der Waals surface area contributed by atoms with Gasteiger partial charge in [-0.1, -0.05) is 38.1 Å². The molecule has 0 aromatic heterocycles. The third-order valence-electron chi connectivity index (χ3n) is 3.46. The first kappa shape index (κ1) is 18.2. The Morgan fingerprint density at radius 3 is 2.00 bits per heavy atom. The minimum atomic E-state index is -0.399. The van der Waals surface area contributed by atoms with Crippen LogP contribution in [0.1, 0.15) is 45.2 Å². The van der Waals surface area contributed by atoms with Crippen molar-refractivity contribution in [3.05, 3.63) is 35.4 Å². The molecular formula is C18H26O4. The highest BCUT2D eigenvalue weighted by Crippen LogP contribution is 2.25. The van der Waals surface area contributed by atoms with Crippen LogP contribution in [-0.4, -0.2) is 25.2 Å². The molecule has 0 heterocycles.